The SMILES string of the molecule is COc1cc(N)c(Cl)cc1C(=O)N1CCC2(CCCCC2)C1. The van der Waals surface area contributed by atoms with Crippen LogP contribution in [0.25, 0.3) is 0 Å². The average Bonchev–Trinajstić information content (AvgIpc) is 2.93. The highest BCUT2D eigenvalue weighted by molar-refractivity contribution is 6.33. The summed E-state index contributed by atoms with van der Waals surface area (Å²) in [4.78, 5) is 14.8. The summed E-state index contributed by atoms with van der Waals surface area (Å²) in [6, 6.07) is 3.26. The molecule has 2 N–H and O–H groups in total. The minimum Gasteiger partial charge on any atom is -0.496 e. The number of nitrogens with two attached hydrogens (primary N) is 1. The molecule has 0 radical (unpaired) electrons. The molecular formula is C17H23ClN2O2. The van der Waals surface area contributed by atoms with Crippen LogP contribution in [0.5, 0.6) is 5.75 Å². The van der Waals surface area contributed by atoms with Gasteiger partial charge in [-0.1, -0.05) is 30.9 Å². The third-order valence-electron chi connectivity index (χ3n) is 5.19. The Hall–Kier alpha value is -1.42. The number of amides is 1. The van der Waals surface area contributed by atoms with E-state index in [0.717, 1.165) is 19.5 Å². The molecule has 0 atom stereocenters. The molecule has 1 aromatic rings. The van der Waals surface area contributed by atoms with Gasteiger partial charge in [-0.3, -0.25) is 4.79 Å². The van der Waals surface area contributed by atoms with Gasteiger partial charge in [0.25, 0.3) is 5.91 Å². The van der Waals surface area contributed by atoms with Gasteiger partial charge in [0, 0.05) is 19.2 Å². The molecule has 2 aliphatic rings. The molecule has 1 amide bonds. The van der Waals surface area contributed by atoms with Crippen LogP contribution in [0.15, 0.2) is 12.1 Å². The summed E-state index contributed by atoms with van der Waals surface area (Å²) >= 11 is 6.08. The second-order valence-electron chi connectivity index (χ2n) is 6.61. The van der Waals surface area contributed by atoms with E-state index in [0.29, 0.717) is 27.4 Å². The van der Waals surface area contributed by atoms with E-state index in [4.69, 9.17) is 22.1 Å². The number of benzene rings is 1. The summed E-state index contributed by atoms with van der Waals surface area (Å²) in [6.07, 6.45) is 7.52. The molecule has 1 saturated heterocycles. The van der Waals surface area contributed by atoms with Gasteiger partial charge in [0.1, 0.15) is 5.75 Å². The van der Waals surface area contributed by atoms with E-state index < -0.39 is 0 Å². The first-order valence-corrected chi connectivity index (χ1v) is 8.35. The zero-order valence-corrected chi connectivity index (χ0v) is 13.8. The monoisotopic (exact) mass is 322 g/mol. The summed E-state index contributed by atoms with van der Waals surface area (Å²) in [6.45, 7) is 1.68. The number of hydrogen-bond acceptors (Lipinski definition) is 3. The van der Waals surface area contributed by atoms with Crippen molar-refractivity contribution < 1.29 is 9.53 Å². The van der Waals surface area contributed by atoms with E-state index in [1.807, 2.05) is 4.90 Å². The molecule has 120 valence electrons. The van der Waals surface area contributed by atoms with Crippen molar-refractivity contribution in [3.8, 4) is 5.75 Å². The number of methoxy groups -OCH3 is 1. The molecule has 2 fully saturated rings. The first-order chi connectivity index (χ1) is 10.5. The largest absolute Gasteiger partial charge is 0.496 e. The number of carbonyl (C=O) groups is 1. The summed E-state index contributed by atoms with van der Waals surface area (Å²) in [5.74, 6) is 0.498. The number of nitrogen functional groups attached to an aromatic ring is 1. The normalized spacial score (nSPS) is 20.4. The Balaban J connectivity index is 1.81. The standard InChI is InChI=1S/C17H23ClN2O2/c1-22-15-10-14(19)13(18)9-12(15)16(21)20-8-7-17(11-20)5-3-2-4-6-17/h9-10H,2-8,11,19H2,1H3. The molecule has 3 rings (SSSR count). The van der Waals surface area contributed by atoms with E-state index in [2.05, 4.69) is 0 Å². The Morgan fingerprint density at radius 2 is 2.00 bits per heavy atom. The number of hydrogen-bond donors (Lipinski definition) is 1. The number of rotatable bonds is 2. The molecule has 4 nitrogen and oxygen atoms in total. The molecule has 0 aromatic heterocycles. The summed E-state index contributed by atoms with van der Waals surface area (Å²) in [5, 5.41) is 0.399. The van der Waals surface area contributed by atoms with Crippen LogP contribution in [-0.4, -0.2) is 31.0 Å². The fourth-order valence-electron chi connectivity index (χ4n) is 3.89. The predicted octanol–water partition coefficient (Wildman–Crippen LogP) is 3.73. The molecule has 0 unspecified atom stereocenters. The van der Waals surface area contributed by atoms with Crippen LogP contribution in [0, 0.1) is 5.41 Å². The number of ether oxygens (including phenoxy) is 1. The van der Waals surface area contributed by atoms with Gasteiger partial charge < -0.3 is 15.4 Å². The quantitative estimate of drug-likeness (QED) is 0.844. The maximum atomic E-state index is 12.9. The van der Waals surface area contributed by atoms with Crippen LogP contribution >= 0.6 is 11.6 Å². The minimum atomic E-state index is 0.00111. The number of nitrogens with zero attached hydrogens (tertiary/aromatic N) is 1. The Morgan fingerprint density at radius 3 is 2.68 bits per heavy atom. The third kappa shape index (κ3) is 2.76. The number of anilines is 1. The van der Waals surface area contributed by atoms with Gasteiger partial charge in [-0.15, -0.1) is 0 Å². The molecule has 1 heterocycles. The maximum Gasteiger partial charge on any atom is 0.257 e. The smallest absolute Gasteiger partial charge is 0.257 e. The second kappa shape index (κ2) is 5.99. The lowest BCUT2D eigenvalue weighted by atomic mass is 9.73. The lowest BCUT2D eigenvalue weighted by Gasteiger charge is -2.33. The van der Waals surface area contributed by atoms with Crippen molar-refractivity contribution in [2.75, 3.05) is 25.9 Å². The first kappa shape index (κ1) is 15.5. The highest BCUT2D eigenvalue weighted by atomic mass is 35.5. The number of carbonyl (C=O) groups excluding carboxylic acids is 1. The summed E-state index contributed by atoms with van der Waals surface area (Å²) < 4.78 is 5.31. The van der Waals surface area contributed by atoms with Gasteiger partial charge in [0.15, 0.2) is 0 Å². The van der Waals surface area contributed by atoms with Crippen LogP contribution in [0.2, 0.25) is 5.02 Å². The Labute approximate surface area is 136 Å². The van der Waals surface area contributed by atoms with E-state index in [1.165, 1.54) is 32.1 Å². The Bertz CT molecular complexity index is 582. The van der Waals surface area contributed by atoms with Crippen LogP contribution in [0.4, 0.5) is 5.69 Å². The zero-order valence-electron chi connectivity index (χ0n) is 13.0. The van der Waals surface area contributed by atoms with E-state index in [1.54, 1.807) is 19.2 Å². The zero-order chi connectivity index (χ0) is 15.7. The van der Waals surface area contributed by atoms with Gasteiger partial charge >= 0.3 is 0 Å². The van der Waals surface area contributed by atoms with E-state index in [-0.39, 0.29) is 5.91 Å². The van der Waals surface area contributed by atoms with Crippen molar-refractivity contribution in [2.45, 2.75) is 38.5 Å². The van der Waals surface area contributed by atoms with Gasteiger partial charge in [-0.25, -0.2) is 0 Å². The Morgan fingerprint density at radius 1 is 1.27 bits per heavy atom. The Kier molecular flexibility index (Phi) is 4.22. The highest BCUT2D eigenvalue weighted by Gasteiger charge is 2.41. The van der Waals surface area contributed by atoms with E-state index >= 15 is 0 Å². The molecule has 1 aliphatic carbocycles. The lowest BCUT2D eigenvalue weighted by Crippen LogP contribution is -2.33. The number of likely N-dealkylation sites (tertiary alicyclic amines) is 1. The second-order valence-corrected chi connectivity index (χ2v) is 7.02. The first-order valence-electron chi connectivity index (χ1n) is 7.97. The maximum absolute atomic E-state index is 12.9. The molecule has 1 aromatic carbocycles. The van der Waals surface area contributed by atoms with Crippen molar-refractivity contribution in [3.05, 3.63) is 22.7 Å². The molecule has 1 spiro atoms. The number of halogens is 1. The van der Waals surface area contributed by atoms with Crippen molar-refractivity contribution in [2.24, 2.45) is 5.41 Å². The molecule has 22 heavy (non-hydrogen) atoms. The lowest BCUT2D eigenvalue weighted by molar-refractivity contribution is 0.0755. The molecule has 1 saturated carbocycles. The van der Waals surface area contributed by atoms with Crippen LogP contribution in [0.3, 0.4) is 0 Å². The van der Waals surface area contributed by atoms with Crippen LogP contribution < -0.4 is 10.5 Å². The highest BCUT2D eigenvalue weighted by Crippen LogP contribution is 2.44. The molecule has 1 aliphatic heterocycles. The molecule has 0 bridgehead atoms. The van der Waals surface area contributed by atoms with Crippen molar-refractivity contribution in [1.29, 1.82) is 0 Å². The average molecular weight is 323 g/mol. The fourth-order valence-corrected chi connectivity index (χ4v) is 4.06. The van der Waals surface area contributed by atoms with Crippen molar-refractivity contribution >= 4 is 23.2 Å². The molecular weight excluding hydrogens is 300 g/mol. The van der Waals surface area contributed by atoms with Gasteiger partial charge in [0.2, 0.25) is 0 Å². The topological polar surface area (TPSA) is 55.6 Å². The third-order valence-corrected chi connectivity index (χ3v) is 5.52. The fraction of sp³-hybridized carbons (Fsp3) is 0.588. The van der Waals surface area contributed by atoms with Crippen LogP contribution in [-0.2, 0) is 0 Å². The molecule has 5 heteroatoms. The summed E-state index contributed by atoms with van der Waals surface area (Å²) in [7, 11) is 1.55. The van der Waals surface area contributed by atoms with Crippen LogP contribution in [0.1, 0.15) is 48.9 Å². The summed E-state index contributed by atoms with van der Waals surface area (Å²) in [5.41, 5.74) is 7.08. The predicted molar refractivity (Wildman–Crippen MR) is 88.5 cm³/mol. The minimum absolute atomic E-state index is 0.00111. The van der Waals surface area contributed by atoms with Gasteiger partial charge in [0.05, 0.1) is 23.4 Å². The van der Waals surface area contributed by atoms with Gasteiger partial charge in [-0.05, 0) is 30.7 Å². The van der Waals surface area contributed by atoms with Crippen molar-refractivity contribution in [1.82, 2.24) is 4.90 Å². The van der Waals surface area contributed by atoms with Gasteiger partial charge in [-0.2, -0.15) is 0 Å². The van der Waals surface area contributed by atoms with Crippen molar-refractivity contribution in [3.63, 3.8) is 0 Å². The van der Waals surface area contributed by atoms with E-state index in [9.17, 15) is 4.79 Å².